The van der Waals surface area contributed by atoms with E-state index in [2.05, 4.69) is 0 Å². The number of alkyl halides is 3. The first-order valence-corrected chi connectivity index (χ1v) is 5.22. The normalized spacial score (nSPS) is 22.4. The van der Waals surface area contributed by atoms with E-state index in [-0.39, 0.29) is 6.04 Å². The number of rotatable bonds is 3. The van der Waals surface area contributed by atoms with Crippen LogP contribution in [0.1, 0.15) is 26.7 Å². The third-order valence-electron chi connectivity index (χ3n) is 3.27. The first-order chi connectivity index (χ1) is 7.09. The maximum atomic E-state index is 12.6. The van der Waals surface area contributed by atoms with Gasteiger partial charge < -0.3 is 10.6 Å². The SMILES string of the molecule is CC(C1CC1)N(C)C(=O)C(C)(N)C(F)(F)F. The van der Waals surface area contributed by atoms with Gasteiger partial charge in [-0.3, -0.25) is 4.79 Å². The van der Waals surface area contributed by atoms with Gasteiger partial charge in [-0.05, 0) is 32.6 Å². The predicted molar refractivity (Wildman–Crippen MR) is 53.6 cm³/mol. The topological polar surface area (TPSA) is 46.3 Å². The first-order valence-electron chi connectivity index (χ1n) is 5.22. The summed E-state index contributed by atoms with van der Waals surface area (Å²) in [5.41, 5.74) is 2.28. The zero-order valence-electron chi connectivity index (χ0n) is 9.64. The molecule has 1 aliphatic rings. The van der Waals surface area contributed by atoms with Crippen LogP contribution in [-0.4, -0.2) is 35.6 Å². The molecule has 0 heterocycles. The number of nitrogens with two attached hydrogens (primary N) is 1. The molecule has 2 N–H and O–H groups in total. The molecule has 94 valence electrons. The van der Waals surface area contributed by atoms with E-state index in [0.29, 0.717) is 12.8 Å². The van der Waals surface area contributed by atoms with Gasteiger partial charge in [0.1, 0.15) is 0 Å². The lowest BCUT2D eigenvalue weighted by molar-refractivity contribution is -0.194. The minimum Gasteiger partial charge on any atom is -0.341 e. The van der Waals surface area contributed by atoms with Gasteiger partial charge in [0.15, 0.2) is 5.54 Å². The van der Waals surface area contributed by atoms with Crippen LogP contribution in [0.25, 0.3) is 0 Å². The Morgan fingerprint density at radius 2 is 1.88 bits per heavy atom. The van der Waals surface area contributed by atoms with Gasteiger partial charge in [0.2, 0.25) is 0 Å². The van der Waals surface area contributed by atoms with Gasteiger partial charge in [0.25, 0.3) is 5.91 Å². The van der Waals surface area contributed by atoms with Crippen molar-refractivity contribution in [2.45, 2.75) is 44.4 Å². The van der Waals surface area contributed by atoms with Crippen molar-refractivity contribution in [1.82, 2.24) is 4.90 Å². The van der Waals surface area contributed by atoms with E-state index >= 15 is 0 Å². The number of nitrogens with zero attached hydrogens (tertiary/aromatic N) is 1. The lowest BCUT2D eigenvalue weighted by Gasteiger charge is -2.34. The molecule has 0 aromatic carbocycles. The molecule has 2 atom stereocenters. The van der Waals surface area contributed by atoms with E-state index in [1.165, 1.54) is 7.05 Å². The Bertz CT molecular complexity index is 284. The molecule has 0 radical (unpaired) electrons. The Hall–Kier alpha value is -0.780. The van der Waals surface area contributed by atoms with Gasteiger partial charge in [0, 0.05) is 13.1 Å². The molecular weight excluding hydrogens is 221 g/mol. The summed E-state index contributed by atoms with van der Waals surface area (Å²) >= 11 is 0. The van der Waals surface area contributed by atoms with Gasteiger partial charge >= 0.3 is 6.18 Å². The maximum Gasteiger partial charge on any atom is 0.415 e. The molecule has 3 nitrogen and oxygen atoms in total. The van der Waals surface area contributed by atoms with Crippen molar-refractivity contribution < 1.29 is 18.0 Å². The van der Waals surface area contributed by atoms with E-state index in [0.717, 1.165) is 17.7 Å². The van der Waals surface area contributed by atoms with E-state index < -0.39 is 17.6 Å². The zero-order valence-corrected chi connectivity index (χ0v) is 9.64. The fourth-order valence-corrected chi connectivity index (χ4v) is 1.57. The van der Waals surface area contributed by atoms with Crippen molar-refractivity contribution in [2.24, 2.45) is 11.7 Å². The number of likely N-dealkylation sites (N-methyl/N-ethyl adjacent to an activating group) is 1. The maximum absolute atomic E-state index is 12.6. The molecule has 1 fully saturated rings. The van der Waals surface area contributed by atoms with E-state index in [1.54, 1.807) is 6.92 Å². The van der Waals surface area contributed by atoms with Crippen LogP contribution in [0, 0.1) is 5.92 Å². The highest BCUT2D eigenvalue weighted by Crippen LogP contribution is 2.36. The second kappa shape index (κ2) is 3.91. The van der Waals surface area contributed by atoms with Crippen LogP contribution in [0.4, 0.5) is 13.2 Å². The lowest BCUT2D eigenvalue weighted by atomic mass is 10.00. The van der Waals surface area contributed by atoms with Crippen molar-refractivity contribution >= 4 is 5.91 Å². The molecule has 0 bridgehead atoms. The highest BCUT2D eigenvalue weighted by Gasteiger charge is 2.55. The monoisotopic (exact) mass is 238 g/mol. The standard InChI is InChI=1S/C10H17F3N2O/c1-6(7-4-5-7)15(3)8(16)9(2,14)10(11,12)13/h6-7H,4-5,14H2,1-3H3. The number of amides is 1. The third kappa shape index (κ3) is 2.31. The Morgan fingerprint density at radius 3 is 2.19 bits per heavy atom. The van der Waals surface area contributed by atoms with Crippen molar-refractivity contribution in [3.63, 3.8) is 0 Å². The molecule has 2 unspecified atom stereocenters. The van der Waals surface area contributed by atoms with Crippen LogP contribution >= 0.6 is 0 Å². The Kier molecular flexibility index (Phi) is 3.24. The van der Waals surface area contributed by atoms with Gasteiger partial charge in [-0.1, -0.05) is 0 Å². The first kappa shape index (κ1) is 13.3. The number of halogens is 3. The zero-order chi connectivity index (χ0) is 12.7. The third-order valence-corrected chi connectivity index (χ3v) is 3.27. The summed E-state index contributed by atoms with van der Waals surface area (Å²) in [6, 6.07) is -0.183. The van der Waals surface area contributed by atoms with Crippen LogP contribution in [0.5, 0.6) is 0 Å². The van der Waals surface area contributed by atoms with E-state index in [9.17, 15) is 18.0 Å². The summed E-state index contributed by atoms with van der Waals surface area (Å²) in [7, 11) is 1.38. The summed E-state index contributed by atoms with van der Waals surface area (Å²) < 4.78 is 37.7. The summed E-state index contributed by atoms with van der Waals surface area (Å²) in [5, 5.41) is 0. The summed E-state index contributed by atoms with van der Waals surface area (Å²) in [6.45, 7) is 2.47. The molecule has 0 aromatic heterocycles. The summed E-state index contributed by atoms with van der Waals surface area (Å²) in [4.78, 5) is 12.8. The summed E-state index contributed by atoms with van der Waals surface area (Å²) in [5.74, 6) is -0.752. The molecule has 0 aliphatic heterocycles. The van der Waals surface area contributed by atoms with Gasteiger partial charge in [-0.25, -0.2) is 0 Å². The summed E-state index contributed by atoms with van der Waals surface area (Å²) in [6.07, 6.45) is -2.79. The van der Waals surface area contributed by atoms with Crippen LogP contribution < -0.4 is 5.73 Å². The number of hydrogen-bond acceptors (Lipinski definition) is 2. The van der Waals surface area contributed by atoms with Gasteiger partial charge in [-0.15, -0.1) is 0 Å². The molecule has 6 heteroatoms. The second-order valence-electron chi connectivity index (χ2n) is 4.69. The highest BCUT2D eigenvalue weighted by molar-refractivity contribution is 5.86. The number of carbonyl (C=O) groups excluding carboxylic acids is 1. The lowest BCUT2D eigenvalue weighted by Crippen LogP contribution is -2.62. The van der Waals surface area contributed by atoms with Crippen LogP contribution in [-0.2, 0) is 4.79 Å². The molecule has 1 saturated carbocycles. The number of carbonyl (C=O) groups is 1. The van der Waals surface area contributed by atoms with Crippen molar-refractivity contribution in [1.29, 1.82) is 0 Å². The average Bonchev–Trinajstić information content (AvgIpc) is 2.95. The molecule has 1 aliphatic carbocycles. The highest BCUT2D eigenvalue weighted by atomic mass is 19.4. The minimum absolute atomic E-state index is 0.183. The van der Waals surface area contributed by atoms with Crippen molar-refractivity contribution in [3.05, 3.63) is 0 Å². The Labute approximate surface area is 92.8 Å². The molecule has 0 saturated heterocycles. The molecule has 1 amide bonds. The predicted octanol–water partition coefficient (Wildman–Crippen LogP) is 1.52. The Balaban J connectivity index is 2.76. The Morgan fingerprint density at radius 1 is 1.44 bits per heavy atom. The average molecular weight is 238 g/mol. The molecular formula is C10H17F3N2O. The molecule has 0 aromatic rings. The fraction of sp³-hybridized carbons (Fsp3) is 0.900. The smallest absolute Gasteiger partial charge is 0.341 e. The van der Waals surface area contributed by atoms with E-state index in [1.807, 2.05) is 0 Å². The number of hydrogen-bond donors (Lipinski definition) is 1. The largest absolute Gasteiger partial charge is 0.415 e. The molecule has 1 rings (SSSR count). The van der Waals surface area contributed by atoms with Gasteiger partial charge in [0.05, 0.1) is 0 Å². The second-order valence-corrected chi connectivity index (χ2v) is 4.69. The van der Waals surface area contributed by atoms with Crippen LogP contribution in [0.3, 0.4) is 0 Å². The van der Waals surface area contributed by atoms with Gasteiger partial charge in [-0.2, -0.15) is 13.2 Å². The van der Waals surface area contributed by atoms with Crippen molar-refractivity contribution in [2.75, 3.05) is 7.05 Å². The minimum atomic E-state index is -4.72. The van der Waals surface area contributed by atoms with Crippen LogP contribution in [0.2, 0.25) is 0 Å². The van der Waals surface area contributed by atoms with E-state index in [4.69, 9.17) is 5.73 Å². The van der Waals surface area contributed by atoms with Crippen molar-refractivity contribution in [3.8, 4) is 0 Å². The van der Waals surface area contributed by atoms with Crippen LogP contribution in [0.15, 0.2) is 0 Å². The molecule has 0 spiro atoms. The fourth-order valence-electron chi connectivity index (χ4n) is 1.57. The molecule has 16 heavy (non-hydrogen) atoms. The quantitative estimate of drug-likeness (QED) is 0.810.